The third kappa shape index (κ3) is 4.76. The maximum absolute atomic E-state index is 3.73. The van der Waals surface area contributed by atoms with E-state index >= 15 is 0 Å². The summed E-state index contributed by atoms with van der Waals surface area (Å²) in [6.45, 7) is 2.33. The molecule has 2 fully saturated rings. The first-order valence-corrected chi connectivity index (χ1v) is 9.52. The fourth-order valence-corrected chi connectivity index (χ4v) is 4.86. The number of unbranched alkanes of at least 4 members (excludes halogenated alkanes) is 1. The minimum Gasteiger partial charge on any atom is -0.316 e. The molecule has 0 saturated heterocycles. The monoisotopic (exact) mass is 279 g/mol. The Morgan fingerprint density at radius 3 is 2.00 bits per heavy atom. The third-order valence-electron chi connectivity index (χ3n) is 6.11. The van der Waals surface area contributed by atoms with Crippen LogP contribution < -0.4 is 5.32 Å². The number of rotatable bonds is 6. The molecule has 0 aromatic rings. The van der Waals surface area contributed by atoms with Gasteiger partial charge >= 0.3 is 0 Å². The summed E-state index contributed by atoms with van der Waals surface area (Å²) in [6.07, 6.45) is 19.2. The molecule has 2 rings (SSSR count). The van der Waals surface area contributed by atoms with Gasteiger partial charge in [-0.25, -0.2) is 0 Å². The Hall–Kier alpha value is -0.0400. The molecule has 0 aromatic carbocycles. The molecule has 2 aliphatic rings. The van der Waals surface area contributed by atoms with E-state index in [2.05, 4.69) is 19.3 Å². The predicted molar refractivity (Wildman–Crippen MR) is 89.0 cm³/mol. The van der Waals surface area contributed by atoms with E-state index in [0.29, 0.717) is 0 Å². The lowest BCUT2D eigenvalue weighted by molar-refractivity contribution is 0.169. The van der Waals surface area contributed by atoms with Gasteiger partial charge in [0.2, 0.25) is 0 Å². The lowest BCUT2D eigenvalue weighted by Crippen LogP contribution is -2.41. The maximum Gasteiger partial charge on any atom is 0.0121 e. The van der Waals surface area contributed by atoms with Crippen LogP contribution in [0.4, 0.5) is 0 Å². The quantitative estimate of drug-likeness (QED) is 0.629. The van der Waals surface area contributed by atoms with Gasteiger partial charge in [0.25, 0.3) is 0 Å². The minimum atomic E-state index is 0.820. The van der Waals surface area contributed by atoms with Crippen LogP contribution >= 0.6 is 0 Å². The summed E-state index contributed by atoms with van der Waals surface area (Å²) in [4.78, 5) is 0. The fraction of sp³-hybridized carbons (Fsp3) is 1.00. The molecule has 0 spiro atoms. The van der Waals surface area contributed by atoms with Crippen LogP contribution in [0.5, 0.6) is 0 Å². The first-order chi connectivity index (χ1) is 9.85. The van der Waals surface area contributed by atoms with Crippen molar-refractivity contribution in [3.63, 3.8) is 0 Å². The van der Waals surface area contributed by atoms with Gasteiger partial charge in [0.15, 0.2) is 0 Å². The molecule has 2 saturated carbocycles. The van der Waals surface area contributed by atoms with Crippen molar-refractivity contribution in [3.05, 3.63) is 0 Å². The van der Waals surface area contributed by atoms with Crippen LogP contribution in [0.3, 0.4) is 0 Å². The standard InChI is InChI=1S/C19H37N/c1-3-4-9-16-12-14-18(15-13-16)19(20-2)17-10-7-5-6-8-11-17/h16-20H,3-15H2,1-2H3. The van der Waals surface area contributed by atoms with Crippen LogP contribution in [-0.2, 0) is 0 Å². The zero-order valence-corrected chi connectivity index (χ0v) is 14.0. The fourth-order valence-electron chi connectivity index (χ4n) is 4.86. The van der Waals surface area contributed by atoms with Crippen molar-refractivity contribution < 1.29 is 0 Å². The van der Waals surface area contributed by atoms with Crippen molar-refractivity contribution in [1.82, 2.24) is 5.32 Å². The molecular formula is C19H37N. The van der Waals surface area contributed by atoms with Gasteiger partial charge in [-0.3, -0.25) is 0 Å². The third-order valence-corrected chi connectivity index (χ3v) is 6.11. The molecule has 118 valence electrons. The average molecular weight is 280 g/mol. The van der Waals surface area contributed by atoms with Gasteiger partial charge < -0.3 is 5.32 Å². The molecule has 1 nitrogen and oxygen atoms in total. The first-order valence-electron chi connectivity index (χ1n) is 9.52. The van der Waals surface area contributed by atoms with E-state index in [9.17, 15) is 0 Å². The Balaban J connectivity index is 1.80. The second-order valence-electron chi connectivity index (χ2n) is 7.49. The topological polar surface area (TPSA) is 12.0 Å². The van der Waals surface area contributed by atoms with Gasteiger partial charge in [0.05, 0.1) is 0 Å². The van der Waals surface area contributed by atoms with Gasteiger partial charge in [-0.15, -0.1) is 0 Å². The highest BCUT2D eigenvalue weighted by molar-refractivity contribution is 4.86. The Labute approximate surface area is 127 Å². The Kier molecular flexibility index (Phi) is 7.41. The molecule has 1 unspecified atom stereocenters. The van der Waals surface area contributed by atoms with Gasteiger partial charge in [0.1, 0.15) is 0 Å². The van der Waals surface area contributed by atoms with Gasteiger partial charge in [-0.1, -0.05) is 64.7 Å². The highest BCUT2D eigenvalue weighted by Gasteiger charge is 2.31. The summed E-state index contributed by atoms with van der Waals surface area (Å²) >= 11 is 0. The molecule has 1 atom stereocenters. The number of hydrogen-bond acceptors (Lipinski definition) is 1. The van der Waals surface area contributed by atoms with E-state index in [1.807, 2.05) is 0 Å². The Morgan fingerprint density at radius 1 is 0.850 bits per heavy atom. The highest BCUT2D eigenvalue weighted by atomic mass is 14.9. The summed E-state index contributed by atoms with van der Waals surface area (Å²) < 4.78 is 0. The van der Waals surface area contributed by atoms with Crippen molar-refractivity contribution in [2.24, 2.45) is 17.8 Å². The van der Waals surface area contributed by atoms with Crippen molar-refractivity contribution >= 4 is 0 Å². The number of hydrogen-bond donors (Lipinski definition) is 1. The smallest absolute Gasteiger partial charge is 0.0121 e. The largest absolute Gasteiger partial charge is 0.316 e. The molecule has 0 aliphatic heterocycles. The molecule has 0 amide bonds. The van der Waals surface area contributed by atoms with Gasteiger partial charge in [0, 0.05) is 6.04 Å². The van der Waals surface area contributed by atoms with Gasteiger partial charge in [-0.05, 0) is 50.5 Å². The Bertz CT molecular complexity index is 234. The molecular weight excluding hydrogens is 242 g/mol. The van der Waals surface area contributed by atoms with E-state index in [4.69, 9.17) is 0 Å². The van der Waals surface area contributed by atoms with E-state index in [1.54, 1.807) is 0 Å². The molecule has 20 heavy (non-hydrogen) atoms. The molecule has 1 heteroatoms. The second-order valence-corrected chi connectivity index (χ2v) is 7.49. The summed E-state index contributed by atoms with van der Waals surface area (Å²) in [5.74, 6) is 3.00. The SMILES string of the molecule is CCCCC1CCC(C(NC)C2CCCCCC2)CC1. The van der Waals surface area contributed by atoms with Crippen molar-refractivity contribution in [3.8, 4) is 0 Å². The van der Waals surface area contributed by atoms with Crippen molar-refractivity contribution in [1.29, 1.82) is 0 Å². The molecule has 0 bridgehead atoms. The van der Waals surface area contributed by atoms with E-state index in [0.717, 1.165) is 23.8 Å². The Morgan fingerprint density at radius 2 is 1.45 bits per heavy atom. The summed E-state index contributed by atoms with van der Waals surface area (Å²) in [6, 6.07) is 0.820. The molecule has 0 aromatic heterocycles. The summed E-state index contributed by atoms with van der Waals surface area (Å²) in [5.41, 5.74) is 0. The van der Waals surface area contributed by atoms with Crippen LogP contribution in [0.1, 0.15) is 90.4 Å². The van der Waals surface area contributed by atoms with Crippen LogP contribution in [0.2, 0.25) is 0 Å². The zero-order valence-electron chi connectivity index (χ0n) is 14.0. The highest BCUT2D eigenvalue weighted by Crippen LogP contribution is 2.38. The number of nitrogens with one attached hydrogen (secondary N) is 1. The maximum atomic E-state index is 3.73. The van der Waals surface area contributed by atoms with Crippen LogP contribution in [0.25, 0.3) is 0 Å². The van der Waals surface area contributed by atoms with Gasteiger partial charge in [-0.2, -0.15) is 0 Å². The van der Waals surface area contributed by atoms with Crippen LogP contribution in [0.15, 0.2) is 0 Å². The molecule has 0 heterocycles. The van der Waals surface area contributed by atoms with Crippen molar-refractivity contribution in [2.75, 3.05) is 7.05 Å². The van der Waals surface area contributed by atoms with Crippen molar-refractivity contribution in [2.45, 2.75) is 96.4 Å². The molecule has 0 radical (unpaired) electrons. The second kappa shape index (κ2) is 9.07. The van der Waals surface area contributed by atoms with E-state index in [-0.39, 0.29) is 0 Å². The molecule has 1 N–H and O–H groups in total. The lowest BCUT2D eigenvalue weighted by Gasteiger charge is -2.38. The lowest BCUT2D eigenvalue weighted by atomic mass is 9.72. The predicted octanol–water partition coefficient (Wildman–Crippen LogP) is 5.54. The summed E-state index contributed by atoms with van der Waals surface area (Å²) in [7, 11) is 2.22. The average Bonchev–Trinajstić information content (AvgIpc) is 2.76. The van der Waals surface area contributed by atoms with Crippen LogP contribution in [0, 0.1) is 17.8 Å². The zero-order chi connectivity index (χ0) is 14.2. The normalized spacial score (nSPS) is 30.9. The molecule has 2 aliphatic carbocycles. The van der Waals surface area contributed by atoms with E-state index in [1.165, 1.54) is 83.5 Å². The summed E-state index contributed by atoms with van der Waals surface area (Å²) in [5, 5.41) is 3.73. The van der Waals surface area contributed by atoms with Crippen LogP contribution in [-0.4, -0.2) is 13.1 Å². The minimum absolute atomic E-state index is 0.820. The van der Waals surface area contributed by atoms with E-state index < -0.39 is 0 Å². The first kappa shape index (κ1) is 16.3.